The van der Waals surface area contributed by atoms with E-state index in [1.165, 1.54) is 0 Å². The number of furan rings is 2. The van der Waals surface area contributed by atoms with Crippen LogP contribution >= 0.6 is 0 Å². The topological polar surface area (TPSA) is 85.5 Å². The van der Waals surface area contributed by atoms with Crippen molar-refractivity contribution in [2.75, 3.05) is 13.1 Å². The minimum absolute atomic E-state index is 0.0144. The van der Waals surface area contributed by atoms with E-state index in [1.807, 2.05) is 11.0 Å². The predicted octanol–water partition coefficient (Wildman–Crippen LogP) is 3.34. The zero-order chi connectivity index (χ0) is 17.1. The molecule has 0 atom stereocenters. The van der Waals surface area contributed by atoms with Crippen molar-refractivity contribution in [2.45, 2.75) is 18.8 Å². The van der Waals surface area contributed by atoms with Crippen LogP contribution in [0.3, 0.4) is 0 Å². The summed E-state index contributed by atoms with van der Waals surface area (Å²) < 4.78 is 16.0. The van der Waals surface area contributed by atoms with Gasteiger partial charge >= 0.3 is 0 Å². The Morgan fingerprint density at radius 3 is 2.80 bits per heavy atom. The fourth-order valence-corrected chi connectivity index (χ4v) is 2.89. The lowest BCUT2D eigenvalue weighted by molar-refractivity contribution is -0.127. The molecular weight excluding hydrogens is 322 g/mol. The van der Waals surface area contributed by atoms with Gasteiger partial charge in [0.2, 0.25) is 11.8 Å². The number of carbonyl (C=O) groups excluding carboxylic acids is 1. The van der Waals surface area contributed by atoms with E-state index in [2.05, 4.69) is 10.2 Å². The van der Waals surface area contributed by atoms with Gasteiger partial charge in [0.1, 0.15) is 12.0 Å². The lowest BCUT2D eigenvalue weighted by Crippen LogP contribution is -2.36. The zero-order valence-electron chi connectivity index (χ0n) is 13.5. The van der Waals surface area contributed by atoms with Crippen LogP contribution < -0.4 is 0 Å². The van der Waals surface area contributed by atoms with Crippen LogP contribution in [-0.2, 0) is 4.79 Å². The van der Waals surface area contributed by atoms with Gasteiger partial charge in [-0.25, -0.2) is 0 Å². The number of likely N-dealkylation sites (tertiary alicyclic amines) is 1. The summed E-state index contributed by atoms with van der Waals surface area (Å²) in [6.45, 7) is 1.32. The Kier molecular flexibility index (Phi) is 4.20. The first-order chi connectivity index (χ1) is 12.3. The second kappa shape index (κ2) is 6.80. The van der Waals surface area contributed by atoms with Crippen LogP contribution in [0.25, 0.3) is 17.5 Å². The number of hydrogen-bond donors (Lipinski definition) is 0. The Bertz CT molecular complexity index is 841. The van der Waals surface area contributed by atoms with Crippen molar-refractivity contribution in [1.82, 2.24) is 15.1 Å². The maximum absolute atomic E-state index is 12.2. The van der Waals surface area contributed by atoms with Crippen LogP contribution in [0.2, 0.25) is 0 Å². The summed E-state index contributed by atoms with van der Waals surface area (Å²) in [5, 5.41) is 8.21. The van der Waals surface area contributed by atoms with Gasteiger partial charge in [0.25, 0.3) is 5.89 Å². The molecule has 4 rings (SSSR count). The molecule has 7 nitrogen and oxygen atoms in total. The van der Waals surface area contributed by atoms with Crippen LogP contribution in [0.4, 0.5) is 0 Å². The highest BCUT2D eigenvalue weighted by molar-refractivity contribution is 5.91. The molecule has 0 saturated carbocycles. The van der Waals surface area contributed by atoms with Crippen LogP contribution in [0.1, 0.15) is 30.4 Å². The third-order valence-electron chi connectivity index (χ3n) is 4.30. The van der Waals surface area contributed by atoms with E-state index >= 15 is 0 Å². The normalized spacial score (nSPS) is 15.9. The first-order valence-electron chi connectivity index (χ1n) is 8.16. The highest BCUT2D eigenvalue weighted by Gasteiger charge is 2.26. The predicted molar refractivity (Wildman–Crippen MR) is 88.3 cm³/mol. The Morgan fingerprint density at radius 2 is 2.08 bits per heavy atom. The van der Waals surface area contributed by atoms with E-state index in [1.54, 1.807) is 43.1 Å². The maximum Gasteiger partial charge on any atom is 0.250 e. The van der Waals surface area contributed by atoms with Gasteiger partial charge in [-0.15, -0.1) is 10.2 Å². The first kappa shape index (κ1) is 15.4. The maximum atomic E-state index is 12.2. The monoisotopic (exact) mass is 339 g/mol. The molecule has 0 aliphatic carbocycles. The van der Waals surface area contributed by atoms with Gasteiger partial charge in [0, 0.05) is 25.1 Å². The molecule has 1 saturated heterocycles. The van der Waals surface area contributed by atoms with Gasteiger partial charge in [-0.05, 0) is 37.1 Å². The molecular formula is C18H17N3O4. The smallest absolute Gasteiger partial charge is 0.250 e. The molecule has 1 aliphatic heterocycles. The minimum Gasteiger partial charge on any atom is -0.472 e. The number of nitrogens with zero attached hydrogens (tertiary/aromatic N) is 3. The Morgan fingerprint density at radius 1 is 1.20 bits per heavy atom. The second-order valence-corrected chi connectivity index (χ2v) is 5.91. The average molecular weight is 339 g/mol. The SMILES string of the molecule is O=C(/C=C/c1ccco1)N1CCC(c2nnc(-c3ccoc3)o2)CC1. The number of rotatable bonds is 4. The van der Waals surface area contributed by atoms with Gasteiger partial charge < -0.3 is 18.2 Å². The summed E-state index contributed by atoms with van der Waals surface area (Å²) in [5.74, 6) is 1.91. The molecule has 0 bridgehead atoms. The van der Waals surface area contributed by atoms with Crippen molar-refractivity contribution in [2.24, 2.45) is 0 Å². The third-order valence-corrected chi connectivity index (χ3v) is 4.30. The minimum atomic E-state index is -0.0144. The molecule has 128 valence electrons. The van der Waals surface area contributed by atoms with Crippen LogP contribution in [-0.4, -0.2) is 34.1 Å². The fourth-order valence-electron chi connectivity index (χ4n) is 2.89. The van der Waals surface area contributed by atoms with E-state index < -0.39 is 0 Å². The Balaban J connectivity index is 1.34. The molecule has 7 heteroatoms. The van der Waals surface area contributed by atoms with Gasteiger partial charge in [-0.3, -0.25) is 4.79 Å². The van der Waals surface area contributed by atoms with Crippen LogP contribution in [0, 0.1) is 0 Å². The van der Waals surface area contributed by atoms with Gasteiger partial charge in [-0.2, -0.15) is 0 Å². The molecule has 0 radical (unpaired) electrons. The van der Waals surface area contributed by atoms with E-state index in [-0.39, 0.29) is 11.8 Å². The van der Waals surface area contributed by atoms with Crippen molar-refractivity contribution in [3.8, 4) is 11.5 Å². The summed E-state index contributed by atoms with van der Waals surface area (Å²) in [5.41, 5.74) is 0.773. The summed E-state index contributed by atoms with van der Waals surface area (Å²) in [6.07, 6.45) is 9.55. The van der Waals surface area contributed by atoms with Crippen molar-refractivity contribution < 1.29 is 18.0 Å². The third kappa shape index (κ3) is 3.40. The van der Waals surface area contributed by atoms with E-state index in [0.717, 1.165) is 18.4 Å². The molecule has 1 amide bonds. The summed E-state index contributed by atoms with van der Waals surface area (Å²) in [7, 11) is 0. The molecule has 3 aromatic rings. The summed E-state index contributed by atoms with van der Waals surface area (Å²) in [6, 6.07) is 5.38. The molecule has 3 aromatic heterocycles. The van der Waals surface area contributed by atoms with Crippen molar-refractivity contribution in [1.29, 1.82) is 0 Å². The van der Waals surface area contributed by atoms with Gasteiger partial charge in [-0.1, -0.05) is 0 Å². The van der Waals surface area contributed by atoms with Crippen LogP contribution in [0.15, 0.2) is 56.3 Å². The molecule has 0 unspecified atom stereocenters. The molecule has 0 N–H and O–H groups in total. The fraction of sp³-hybridized carbons (Fsp3) is 0.278. The molecule has 1 aliphatic rings. The van der Waals surface area contributed by atoms with Gasteiger partial charge in [0.15, 0.2) is 0 Å². The lowest BCUT2D eigenvalue weighted by Gasteiger charge is -2.29. The standard InChI is InChI=1S/C18H17N3O4/c22-16(4-3-15-2-1-10-24-15)21-8-5-13(6-9-21)17-19-20-18(25-17)14-7-11-23-12-14/h1-4,7,10-13H,5-6,8-9H2/b4-3+. The van der Waals surface area contributed by atoms with E-state index in [4.69, 9.17) is 13.3 Å². The van der Waals surface area contributed by atoms with Crippen molar-refractivity contribution >= 4 is 12.0 Å². The van der Waals surface area contributed by atoms with E-state index in [0.29, 0.717) is 30.6 Å². The molecule has 4 heterocycles. The highest BCUT2D eigenvalue weighted by Crippen LogP contribution is 2.29. The first-order valence-corrected chi connectivity index (χ1v) is 8.16. The van der Waals surface area contributed by atoms with Gasteiger partial charge in [0.05, 0.1) is 18.1 Å². The number of aromatic nitrogens is 2. The summed E-state index contributed by atoms with van der Waals surface area (Å²) >= 11 is 0. The molecule has 0 spiro atoms. The average Bonchev–Trinajstić information content (AvgIpc) is 3.42. The number of hydrogen-bond acceptors (Lipinski definition) is 6. The van der Waals surface area contributed by atoms with Crippen molar-refractivity contribution in [3.05, 3.63) is 54.7 Å². The Hall–Kier alpha value is -3.09. The Labute approximate surface area is 143 Å². The van der Waals surface area contributed by atoms with E-state index in [9.17, 15) is 4.79 Å². The highest BCUT2D eigenvalue weighted by atomic mass is 16.4. The number of amides is 1. The lowest BCUT2D eigenvalue weighted by atomic mass is 9.97. The molecule has 1 fully saturated rings. The molecule has 25 heavy (non-hydrogen) atoms. The zero-order valence-corrected chi connectivity index (χ0v) is 13.5. The second-order valence-electron chi connectivity index (χ2n) is 5.91. The largest absolute Gasteiger partial charge is 0.472 e. The number of piperidine rings is 1. The quantitative estimate of drug-likeness (QED) is 0.678. The number of carbonyl (C=O) groups is 1. The van der Waals surface area contributed by atoms with Crippen LogP contribution in [0.5, 0.6) is 0 Å². The summed E-state index contributed by atoms with van der Waals surface area (Å²) in [4.78, 5) is 14.1. The van der Waals surface area contributed by atoms with Crippen molar-refractivity contribution in [3.63, 3.8) is 0 Å². The molecule has 0 aromatic carbocycles.